The van der Waals surface area contributed by atoms with E-state index in [4.69, 9.17) is 5.73 Å². The third-order valence-corrected chi connectivity index (χ3v) is 0.948. The molecule has 0 aromatic heterocycles. The summed E-state index contributed by atoms with van der Waals surface area (Å²) in [5.41, 5.74) is 6.31. The van der Waals surface area contributed by atoms with Crippen LogP contribution in [0.15, 0.2) is 23.6 Å². The van der Waals surface area contributed by atoms with E-state index in [9.17, 15) is 4.79 Å². The monoisotopic (exact) mass is 155 g/mol. The van der Waals surface area contributed by atoms with Gasteiger partial charge in [0.15, 0.2) is 0 Å². The summed E-state index contributed by atoms with van der Waals surface area (Å²) < 4.78 is 4.66. The highest BCUT2D eigenvalue weighted by Crippen LogP contribution is 1.94. The first-order valence-corrected chi connectivity index (χ1v) is 3.34. The Bertz CT molecular complexity index is 200. The fourth-order valence-electron chi connectivity index (χ4n) is 0.357. The van der Waals surface area contributed by atoms with Gasteiger partial charge in [0.2, 0.25) is 0 Å². The van der Waals surface area contributed by atoms with Crippen molar-refractivity contribution in [3.05, 3.63) is 23.6 Å². The Morgan fingerprint density at radius 1 is 1.45 bits per heavy atom. The summed E-state index contributed by atoms with van der Waals surface area (Å²) in [6, 6.07) is 0. The van der Waals surface area contributed by atoms with Crippen LogP contribution in [0.5, 0.6) is 0 Å². The highest BCUT2D eigenvalue weighted by molar-refractivity contribution is 5.87. The molecule has 0 fully saturated rings. The fourth-order valence-corrected chi connectivity index (χ4v) is 0.357. The lowest BCUT2D eigenvalue weighted by Crippen LogP contribution is -2.11. The van der Waals surface area contributed by atoms with Crippen LogP contribution >= 0.6 is 0 Å². The zero-order chi connectivity index (χ0) is 8.85. The third-order valence-electron chi connectivity index (χ3n) is 0.948. The molecule has 0 unspecified atom stereocenters. The predicted octanol–water partition coefficient (Wildman–Crippen LogP) is 1.32. The van der Waals surface area contributed by atoms with E-state index in [0.29, 0.717) is 0 Å². The molecule has 0 aromatic rings. The van der Waals surface area contributed by atoms with Crippen LogP contribution in [-0.2, 0) is 9.53 Å². The van der Waals surface area contributed by atoms with Gasteiger partial charge in [0, 0.05) is 0 Å². The lowest BCUT2D eigenvalue weighted by molar-refractivity contribution is -0.133. The number of rotatable bonds is 2. The number of carbonyl (C=O) groups excluding carboxylic acids is 1. The van der Waals surface area contributed by atoms with Crippen LogP contribution in [0.1, 0.15) is 20.8 Å². The van der Waals surface area contributed by atoms with Crippen molar-refractivity contribution in [1.82, 2.24) is 0 Å². The van der Waals surface area contributed by atoms with Crippen molar-refractivity contribution in [3.8, 4) is 0 Å². The minimum atomic E-state index is -0.506. The Hall–Kier alpha value is -1.25. The Kier molecular flexibility index (Phi) is 4.03. The first kappa shape index (κ1) is 9.75. The molecule has 0 heterocycles. The van der Waals surface area contributed by atoms with Crippen LogP contribution in [0.25, 0.3) is 0 Å². The van der Waals surface area contributed by atoms with Crippen LogP contribution in [0, 0.1) is 0 Å². The van der Waals surface area contributed by atoms with Crippen molar-refractivity contribution in [2.45, 2.75) is 20.8 Å². The molecule has 3 nitrogen and oxygen atoms in total. The SMILES string of the molecule is C/C=C(/N)C(=O)OC=C(C)C. The van der Waals surface area contributed by atoms with Gasteiger partial charge in [-0.15, -0.1) is 0 Å². The van der Waals surface area contributed by atoms with E-state index >= 15 is 0 Å². The van der Waals surface area contributed by atoms with Gasteiger partial charge in [-0.3, -0.25) is 0 Å². The van der Waals surface area contributed by atoms with Gasteiger partial charge in [-0.25, -0.2) is 4.79 Å². The average molecular weight is 155 g/mol. The number of esters is 1. The standard InChI is InChI=1S/C8H13NO2/c1-4-7(9)8(10)11-5-6(2)3/h4-5H,9H2,1-3H3/b7-4+. The van der Waals surface area contributed by atoms with Crippen molar-refractivity contribution in [1.29, 1.82) is 0 Å². The molecular weight excluding hydrogens is 142 g/mol. The number of hydrogen-bond donors (Lipinski definition) is 1. The van der Waals surface area contributed by atoms with E-state index in [1.54, 1.807) is 6.92 Å². The predicted molar refractivity (Wildman–Crippen MR) is 43.5 cm³/mol. The van der Waals surface area contributed by atoms with E-state index in [-0.39, 0.29) is 5.70 Å². The molecule has 0 saturated heterocycles. The molecule has 0 rings (SSSR count). The van der Waals surface area contributed by atoms with Gasteiger partial charge in [-0.2, -0.15) is 0 Å². The number of nitrogens with two attached hydrogens (primary N) is 1. The summed E-state index contributed by atoms with van der Waals surface area (Å²) >= 11 is 0. The average Bonchev–Trinajstić information content (AvgIpc) is 1.98. The lowest BCUT2D eigenvalue weighted by Gasteiger charge is -1.97. The second-order valence-corrected chi connectivity index (χ2v) is 2.34. The van der Waals surface area contributed by atoms with Gasteiger partial charge >= 0.3 is 5.97 Å². The van der Waals surface area contributed by atoms with Crippen molar-refractivity contribution < 1.29 is 9.53 Å². The zero-order valence-electron chi connectivity index (χ0n) is 7.05. The minimum absolute atomic E-state index is 0.127. The van der Waals surface area contributed by atoms with Crippen molar-refractivity contribution >= 4 is 5.97 Å². The Labute approximate surface area is 66.5 Å². The fraction of sp³-hybridized carbons (Fsp3) is 0.375. The number of allylic oxidation sites excluding steroid dienone is 2. The molecule has 0 aliphatic heterocycles. The maximum atomic E-state index is 10.8. The number of carbonyl (C=O) groups is 1. The molecule has 0 spiro atoms. The van der Waals surface area contributed by atoms with Crippen LogP contribution in [-0.4, -0.2) is 5.97 Å². The summed E-state index contributed by atoms with van der Waals surface area (Å²) in [7, 11) is 0. The molecule has 0 saturated carbocycles. The normalized spacial score (nSPS) is 10.6. The van der Waals surface area contributed by atoms with Gasteiger partial charge in [0.25, 0.3) is 0 Å². The summed E-state index contributed by atoms with van der Waals surface area (Å²) in [6.45, 7) is 5.34. The van der Waals surface area contributed by atoms with Gasteiger partial charge in [0.1, 0.15) is 5.70 Å². The van der Waals surface area contributed by atoms with Crippen LogP contribution in [0.3, 0.4) is 0 Å². The van der Waals surface area contributed by atoms with Gasteiger partial charge in [0.05, 0.1) is 6.26 Å². The maximum Gasteiger partial charge on any atom is 0.358 e. The van der Waals surface area contributed by atoms with Crippen molar-refractivity contribution in [2.24, 2.45) is 5.73 Å². The molecule has 3 heteroatoms. The summed E-state index contributed by atoms with van der Waals surface area (Å²) in [6.07, 6.45) is 2.87. The van der Waals surface area contributed by atoms with Crippen LogP contribution in [0.4, 0.5) is 0 Å². The number of hydrogen-bond acceptors (Lipinski definition) is 3. The molecule has 0 radical (unpaired) electrons. The Morgan fingerprint density at radius 3 is 2.36 bits per heavy atom. The number of ether oxygens (including phenoxy) is 1. The van der Waals surface area contributed by atoms with Crippen LogP contribution in [0.2, 0.25) is 0 Å². The Balaban J connectivity index is 4.00. The van der Waals surface area contributed by atoms with Crippen molar-refractivity contribution in [3.63, 3.8) is 0 Å². The maximum absolute atomic E-state index is 10.8. The molecular formula is C8H13NO2. The zero-order valence-corrected chi connectivity index (χ0v) is 7.05. The smallest absolute Gasteiger partial charge is 0.358 e. The molecule has 2 N–H and O–H groups in total. The quantitative estimate of drug-likeness (QED) is 0.371. The molecule has 0 aliphatic rings. The molecule has 0 aliphatic carbocycles. The minimum Gasteiger partial charge on any atom is -0.430 e. The second-order valence-electron chi connectivity index (χ2n) is 2.34. The van der Waals surface area contributed by atoms with Crippen LogP contribution < -0.4 is 5.73 Å². The molecule has 0 amide bonds. The largest absolute Gasteiger partial charge is 0.430 e. The Morgan fingerprint density at radius 2 is 2.00 bits per heavy atom. The van der Waals surface area contributed by atoms with E-state index in [0.717, 1.165) is 5.57 Å². The highest BCUT2D eigenvalue weighted by Gasteiger charge is 2.01. The third kappa shape index (κ3) is 4.19. The first-order chi connectivity index (χ1) is 5.07. The van der Waals surface area contributed by atoms with Gasteiger partial charge in [-0.1, -0.05) is 6.08 Å². The topological polar surface area (TPSA) is 52.3 Å². The van der Waals surface area contributed by atoms with E-state index < -0.39 is 5.97 Å². The highest BCUT2D eigenvalue weighted by atomic mass is 16.5. The van der Waals surface area contributed by atoms with Gasteiger partial charge in [-0.05, 0) is 26.3 Å². The van der Waals surface area contributed by atoms with Gasteiger partial charge < -0.3 is 10.5 Å². The van der Waals surface area contributed by atoms with Crippen molar-refractivity contribution in [2.75, 3.05) is 0 Å². The van der Waals surface area contributed by atoms with E-state index in [1.165, 1.54) is 12.3 Å². The summed E-state index contributed by atoms with van der Waals surface area (Å²) in [4.78, 5) is 10.8. The second kappa shape index (κ2) is 4.55. The molecule has 0 bridgehead atoms. The van der Waals surface area contributed by atoms with E-state index in [2.05, 4.69) is 4.74 Å². The lowest BCUT2D eigenvalue weighted by atomic mass is 10.4. The molecule has 11 heavy (non-hydrogen) atoms. The summed E-state index contributed by atoms with van der Waals surface area (Å²) in [5.74, 6) is -0.506. The molecule has 0 atom stereocenters. The van der Waals surface area contributed by atoms with E-state index in [1.807, 2.05) is 13.8 Å². The molecule has 0 aromatic carbocycles. The molecule has 62 valence electrons. The first-order valence-electron chi connectivity index (χ1n) is 3.34. The summed E-state index contributed by atoms with van der Waals surface area (Å²) in [5, 5.41) is 0.